The highest BCUT2D eigenvalue weighted by Gasteiger charge is 2.35. The maximum Gasteiger partial charge on any atom is 0.227 e. The lowest BCUT2D eigenvalue weighted by Gasteiger charge is -2.19. The molecule has 2 amide bonds. The van der Waals surface area contributed by atoms with E-state index in [1.165, 1.54) is 6.07 Å². The fourth-order valence-corrected chi connectivity index (χ4v) is 4.05. The van der Waals surface area contributed by atoms with E-state index in [0.29, 0.717) is 25.3 Å². The molecule has 2 aromatic carbocycles. The number of carbonyl (C=O) groups is 2. The van der Waals surface area contributed by atoms with E-state index in [9.17, 15) is 18.4 Å². The Morgan fingerprint density at radius 1 is 1.03 bits per heavy atom. The highest BCUT2D eigenvalue weighted by Crippen LogP contribution is 2.27. The molecule has 5 nitrogen and oxygen atoms in total. The number of carbonyl (C=O) groups excluding carboxylic acids is 2. The third kappa shape index (κ3) is 4.23. The van der Waals surface area contributed by atoms with Crippen LogP contribution in [0.5, 0.6) is 0 Å². The first kappa shape index (κ1) is 19.4. The van der Waals surface area contributed by atoms with E-state index in [-0.39, 0.29) is 30.1 Å². The molecule has 2 unspecified atom stereocenters. The van der Waals surface area contributed by atoms with E-state index in [0.717, 1.165) is 24.7 Å². The van der Waals surface area contributed by atoms with Crippen molar-refractivity contribution in [2.24, 2.45) is 11.8 Å². The highest BCUT2D eigenvalue weighted by atomic mass is 19.2. The minimum Gasteiger partial charge on any atom is -0.371 e. The van der Waals surface area contributed by atoms with Crippen molar-refractivity contribution in [3.05, 3.63) is 60.2 Å². The molecule has 0 radical (unpaired) electrons. The third-order valence-corrected chi connectivity index (χ3v) is 5.68. The summed E-state index contributed by atoms with van der Waals surface area (Å²) < 4.78 is 26.6. The molecule has 152 valence electrons. The number of halogens is 2. The Morgan fingerprint density at radius 3 is 2.59 bits per heavy atom. The maximum atomic E-state index is 13.5. The van der Waals surface area contributed by atoms with Crippen LogP contribution in [0.2, 0.25) is 0 Å². The molecule has 0 aliphatic carbocycles. The summed E-state index contributed by atoms with van der Waals surface area (Å²) in [6.45, 7) is 2.30. The number of nitrogens with one attached hydrogen (secondary N) is 1. The van der Waals surface area contributed by atoms with E-state index in [1.807, 2.05) is 35.2 Å². The second-order valence-electron chi connectivity index (χ2n) is 7.69. The zero-order valence-corrected chi connectivity index (χ0v) is 16.0. The van der Waals surface area contributed by atoms with Gasteiger partial charge in [-0.15, -0.1) is 0 Å². The summed E-state index contributed by atoms with van der Waals surface area (Å²) in [5.74, 6) is -1.98. The average Bonchev–Trinajstić information content (AvgIpc) is 3.36. The molecule has 0 spiro atoms. The number of amides is 2. The smallest absolute Gasteiger partial charge is 0.227 e. The van der Waals surface area contributed by atoms with Gasteiger partial charge in [-0.1, -0.05) is 18.2 Å². The molecule has 0 bridgehead atoms. The Kier molecular flexibility index (Phi) is 5.47. The molecule has 2 aliphatic rings. The molecule has 2 fully saturated rings. The quantitative estimate of drug-likeness (QED) is 0.841. The van der Waals surface area contributed by atoms with Crippen molar-refractivity contribution in [2.45, 2.75) is 12.8 Å². The summed E-state index contributed by atoms with van der Waals surface area (Å²) in [5.41, 5.74) is 1.46. The van der Waals surface area contributed by atoms with Crippen molar-refractivity contribution < 1.29 is 18.4 Å². The van der Waals surface area contributed by atoms with Crippen LogP contribution in [-0.2, 0) is 9.59 Å². The van der Waals surface area contributed by atoms with Crippen LogP contribution in [0.4, 0.5) is 20.2 Å². The monoisotopic (exact) mass is 399 g/mol. The molecule has 2 saturated heterocycles. The number of hydrogen-bond acceptors (Lipinski definition) is 3. The zero-order chi connectivity index (χ0) is 20.4. The standard InChI is InChI=1S/C22H23F2N3O2/c23-19-7-6-18(11-20(19)24)26-9-8-15(13-26)12-25-22(29)16-10-21(28)27(14-16)17-4-2-1-3-5-17/h1-7,11,15-16H,8-10,12-14H2,(H,25,29). The van der Waals surface area contributed by atoms with E-state index in [4.69, 9.17) is 0 Å². The van der Waals surface area contributed by atoms with Crippen molar-refractivity contribution in [3.8, 4) is 0 Å². The van der Waals surface area contributed by atoms with Crippen molar-refractivity contribution in [2.75, 3.05) is 36.0 Å². The molecule has 0 aromatic heterocycles. The second-order valence-corrected chi connectivity index (χ2v) is 7.69. The average molecular weight is 399 g/mol. The molecule has 2 aliphatic heterocycles. The molecule has 1 N–H and O–H groups in total. The van der Waals surface area contributed by atoms with Gasteiger partial charge in [0.2, 0.25) is 11.8 Å². The molecule has 4 rings (SSSR count). The summed E-state index contributed by atoms with van der Waals surface area (Å²) in [7, 11) is 0. The number of nitrogens with zero attached hydrogens (tertiary/aromatic N) is 2. The van der Waals surface area contributed by atoms with E-state index < -0.39 is 11.6 Å². The van der Waals surface area contributed by atoms with Gasteiger partial charge in [-0.2, -0.15) is 0 Å². The van der Waals surface area contributed by atoms with Gasteiger partial charge in [0.1, 0.15) is 0 Å². The summed E-state index contributed by atoms with van der Waals surface area (Å²) in [5, 5.41) is 2.97. The van der Waals surface area contributed by atoms with Gasteiger partial charge in [-0.05, 0) is 36.6 Å². The van der Waals surface area contributed by atoms with Crippen LogP contribution in [0.15, 0.2) is 48.5 Å². The summed E-state index contributed by atoms with van der Waals surface area (Å²) in [4.78, 5) is 28.5. The summed E-state index contributed by atoms with van der Waals surface area (Å²) in [6.07, 6.45) is 1.07. The molecule has 0 saturated carbocycles. The Labute approximate surface area is 168 Å². The fraction of sp³-hybridized carbons (Fsp3) is 0.364. The second kappa shape index (κ2) is 8.19. The first-order valence-corrected chi connectivity index (χ1v) is 9.84. The molecule has 2 aromatic rings. The molecular formula is C22H23F2N3O2. The van der Waals surface area contributed by atoms with Gasteiger partial charge in [0, 0.05) is 50.0 Å². The Morgan fingerprint density at radius 2 is 1.83 bits per heavy atom. The lowest BCUT2D eigenvalue weighted by Crippen LogP contribution is -2.36. The molecule has 29 heavy (non-hydrogen) atoms. The van der Waals surface area contributed by atoms with Gasteiger partial charge in [-0.3, -0.25) is 9.59 Å². The van der Waals surface area contributed by atoms with Gasteiger partial charge < -0.3 is 15.1 Å². The van der Waals surface area contributed by atoms with E-state index in [1.54, 1.807) is 11.0 Å². The van der Waals surface area contributed by atoms with Crippen LogP contribution in [0, 0.1) is 23.5 Å². The summed E-state index contributed by atoms with van der Waals surface area (Å²) >= 11 is 0. The van der Waals surface area contributed by atoms with Crippen LogP contribution >= 0.6 is 0 Å². The number of rotatable bonds is 5. The van der Waals surface area contributed by atoms with Crippen LogP contribution in [-0.4, -0.2) is 38.0 Å². The number of hydrogen-bond donors (Lipinski definition) is 1. The Balaban J connectivity index is 1.28. The summed E-state index contributed by atoms with van der Waals surface area (Å²) in [6, 6.07) is 13.3. The van der Waals surface area contributed by atoms with E-state index in [2.05, 4.69) is 5.32 Å². The Bertz CT molecular complexity index is 906. The van der Waals surface area contributed by atoms with Gasteiger partial charge in [0.25, 0.3) is 0 Å². The number of anilines is 2. The zero-order valence-electron chi connectivity index (χ0n) is 16.0. The van der Waals surface area contributed by atoms with Crippen molar-refractivity contribution in [1.29, 1.82) is 0 Å². The first-order valence-electron chi connectivity index (χ1n) is 9.84. The number of benzene rings is 2. The predicted octanol–water partition coefficient (Wildman–Crippen LogP) is 2.96. The molecule has 2 heterocycles. The van der Waals surface area contributed by atoms with Crippen molar-refractivity contribution in [3.63, 3.8) is 0 Å². The largest absolute Gasteiger partial charge is 0.371 e. The lowest BCUT2D eigenvalue weighted by molar-refractivity contribution is -0.126. The van der Waals surface area contributed by atoms with Crippen LogP contribution < -0.4 is 15.1 Å². The Hall–Kier alpha value is -2.96. The van der Waals surface area contributed by atoms with Gasteiger partial charge in [0.15, 0.2) is 11.6 Å². The predicted molar refractivity (Wildman–Crippen MR) is 107 cm³/mol. The minimum atomic E-state index is -0.854. The van der Waals surface area contributed by atoms with Crippen molar-refractivity contribution >= 4 is 23.2 Å². The molecule has 7 heteroatoms. The molecule has 2 atom stereocenters. The van der Waals surface area contributed by atoms with E-state index >= 15 is 0 Å². The van der Waals surface area contributed by atoms with Crippen LogP contribution in [0.1, 0.15) is 12.8 Å². The SMILES string of the molecule is O=C(NCC1CCN(c2ccc(F)c(F)c2)C1)C1CC(=O)N(c2ccccc2)C1. The van der Waals surface area contributed by atoms with Gasteiger partial charge in [-0.25, -0.2) is 8.78 Å². The van der Waals surface area contributed by atoms with Crippen LogP contribution in [0.3, 0.4) is 0 Å². The highest BCUT2D eigenvalue weighted by molar-refractivity contribution is 6.00. The molecular weight excluding hydrogens is 376 g/mol. The van der Waals surface area contributed by atoms with Gasteiger partial charge in [0.05, 0.1) is 5.92 Å². The first-order chi connectivity index (χ1) is 14.0. The normalized spacial score (nSPS) is 21.7. The minimum absolute atomic E-state index is 0.0401. The van der Waals surface area contributed by atoms with Gasteiger partial charge >= 0.3 is 0 Å². The maximum absolute atomic E-state index is 13.5. The lowest BCUT2D eigenvalue weighted by atomic mass is 10.1. The number of para-hydroxylation sites is 1. The van der Waals surface area contributed by atoms with Crippen molar-refractivity contribution in [1.82, 2.24) is 5.32 Å². The third-order valence-electron chi connectivity index (χ3n) is 5.68. The topological polar surface area (TPSA) is 52.7 Å². The fourth-order valence-electron chi connectivity index (χ4n) is 4.05. The van der Waals surface area contributed by atoms with Crippen LogP contribution in [0.25, 0.3) is 0 Å².